The lowest BCUT2D eigenvalue weighted by Gasteiger charge is -2.38. The van der Waals surface area contributed by atoms with E-state index in [1.807, 2.05) is 27.7 Å². The van der Waals surface area contributed by atoms with Gasteiger partial charge in [-0.05, 0) is 221 Å². The molecule has 12 nitrogen and oxygen atoms in total. The van der Waals surface area contributed by atoms with Crippen molar-refractivity contribution in [3.05, 3.63) is 44.5 Å². The average molecular weight is 1330 g/mol. The zero-order valence-electron chi connectivity index (χ0n) is 63.6. The Kier molecular flexibility index (Phi) is 37.8. The molecule has 0 bridgehead atoms. The Bertz CT molecular complexity index is 2580. The molecular formula is C83H140N2O10. The molecule has 0 spiro atoms. The number of likely N-dealkylation sites (tertiary alicyclic amines) is 2. The van der Waals surface area contributed by atoms with Crippen LogP contribution in [0.3, 0.4) is 0 Å². The predicted octanol–water partition coefficient (Wildman–Crippen LogP) is 20.9. The molecule has 0 amide bonds. The van der Waals surface area contributed by atoms with Gasteiger partial charge in [-0.25, -0.2) is 0 Å². The van der Waals surface area contributed by atoms with E-state index in [4.69, 9.17) is 28.4 Å². The smallest absolute Gasteiger partial charge is 0.311 e. The Morgan fingerprint density at radius 2 is 0.874 bits per heavy atom. The summed E-state index contributed by atoms with van der Waals surface area (Å²) in [5.74, 6) is 6.72. The third kappa shape index (κ3) is 29.7. The minimum atomic E-state index is -0.392. The summed E-state index contributed by atoms with van der Waals surface area (Å²) in [4.78, 5) is 55.1. The van der Waals surface area contributed by atoms with Gasteiger partial charge in [-0.15, -0.1) is 0 Å². The number of unbranched alkanes of at least 4 members (excludes halogenated alkanes) is 8. The van der Waals surface area contributed by atoms with Crippen LogP contribution in [-0.2, 0) is 41.5 Å². The van der Waals surface area contributed by atoms with Gasteiger partial charge in [-0.2, -0.15) is 0 Å². The Hall–Kier alpha value is -4.16. The van der Waals surface area contributed by atoms with Crippen molar-refractivity contribution in [1.82, 2.24) is 9.80 Å². The number of piperidine rings is 2. The van der Waals surface area contributed by atoms with Crippen LogP contribution in [-0.4, -0.2) is 97.9 Å². The average Bonchev–Trinajstić information content (AvgIpc) is 0.776. The maximum atomic E-state index is 12.9. The van der Waals surface area contributed by atoms with Gasteiger partial charge >= 0.3 is 23.9 Å². The standard InChI is InChI=1S/C43H73NO5.C40H67NO5/c1-10-14-37-23-27-44(28-24-37)29-30-47-39(45)20-21-40(46)48-41-34(6)35(7)42-38(36(41)8)22-26-43(9,49-42)25-13-19-33(5)18-12-17-32(4)16-11-15-31(2)3;1-7-17-34-24-26-41(27-25-34)28-29-44-37(42)22-23-38(43)46-39-31(4)32(5)40-36(33(39)6)21-20-35(45-40)19-16-14-12-10-8-9-11-13-15-18-30(2)3/h31-33,37H,10-30H2,1-9H3;30,34-35H,7-29H2,1-6H3. The first-order chi connectivity index (χ1) is 45.5. The summed E-state index contributed by atoms with van der Waals surface area (Å²) in [5, 5.41) is 0. The first-order valence-electron chi connectivity index (χ1n) is 39.3. The predicted molar refractivity (Wildman–Crippen MR) is 392 cm³/mol. The van der Waals surface area contributed by atoms with Crippen LogP contribution < -0.4 is 18.9 Å². The molecule has 0 aliphatic carbocycles. The minimum absolute atomic E-state index is 0.0145. The van der Waals surface area contributed by atoms with Gasteiger partial charge in [0.05, 0.1) is 31.8 Å². The van der Waals surface area contributed by atoms with Crippen molar-refractivity contribution in [3.8, 4) is 23.0 Å². The highest BCUT2D eigenvalue weighted by molar-refractivity contribution is 5.81. The van der Waals surface area contributed by atoms with E-state index in [9.17, 15) is 19.2 Å². The maximum Gasteiger partial charge on any atom is 0.311 e. The van der Waals surface area contributed by atoms with Gasteiger partial charge in [-0.1, -0.05) is 184 Å². The van der Waals surface area contributed by atoms with E-state index >= 15 is 0 Å². The van der Waals surface area contributed by atoms with E-state index < -0.39 is 5.97 Å². The molecule has 0 N–H and O–H groups in total. The molecule has 2 aromatic carbocycles. The molecule has 6 rings (SSSR count). The van der Waals surface area contributed by atoms with Crippen molar-refractivity contribution >= 4 is 23.9 Å². The van der Waals surface area contributed by atoms with Gasteiger partial charge < -0.3 is 28.4 Å². The van der Waals surface area contributed by atoms with E-state index in [1.165, 1.54) is 167 Å². The highest BCUT2D eigenvalue weighted by Crippen LogP contribution is 2.46. The Morgan fingerprint density at radius 1 is 0.463 bits per heavy atom. The molecule has 4 heterocycles. The fourth-order valence-electron chi connectivity index (χ4n) is 15.4. The number of hydrogen-bond donors (Lipinski definition) is 0. The van der Waals surface area contributed by atoms with Gasteiger partial charge in [-0.3, -0.25) is 29.0 Å². The minimum Gasteiger partial charge on any atom is -0.490 e. The van der Waals surface area contributed by atoms with Crippen LogP contribution in [0.15, 0.2) is 0 Å². The summed E-state index contributed by atoms with van der Waals surface area (Å²) >= 11 is 0. The molecular weight excluding hydrogens is 1180 g/mol. The van der Waals surface area contributed by atoms with Crippen LogP contribution in [0.1, 0.15) is 325 Å². The van der Waals surface area contributed by atoms with Gasteiger partial charge in [0.25, 0.3) is 0 Å². The van der Waals surface area contributed by atoms with Gasteiger partial charge in [0, 0.05) is 24.2 Å². The first kappa shape index (κ1) is 81.5. The third-order valence-corrected chi connectivity index (χ3v) is 22.1. The molecule has 2 aromatic rings. The van der Waals surface area contributed by atoms with Gasteiger partial charge in [0.15, 0.2) is 0 Å². The van der Waals surface area contributed by atoms with E-state index in [-0.39, 0.29) is 55.3 Å². The first-order valence-corrected chi connectivity index (χ1v) is 39.3. The topological polar surface area (TPSA) is 130 Å². The molecule has 4 atom stereocenters. The lowest BCUT2D eigenvalue weighted by Crippen LogP contribution is -2.37. The Labute approximate surface area is 580 Å². The second-order valence-electron chi connectivity index (χ2n) is 31.4. The largest absolute Gasteiger partial charge is 0.490 e. The number of esters is 4. The molecule has 0 saturated carbocycles. The summed E-state index contributed by atoms with van der Waals surface area (Å²) in [6.07, 6.45) is 40.6. The Balaban J connectivity index is 0.000000345. The molecule has 95 heavy (non-hydrogen) atoms. The number of ether oxygens (including phenoxy) is 6. The van der Waals surface area contributed by atoms with Crippen LogP contribution in [0, 0.1) is 77.0 Å². The number of carbonyl (C=O) groups is 4. The molecule has 2 saturated heterocycles. The fraction of sp³-hybridized carbons (Fsp3) is 0.807. The lowest BCUT2D eigenvalue weighted by molar-refractivity contribution is -0.147. The second-order valence-corrected chi connectivity index (χ2v) is 31.4. The van der Waals surface area contributed by atoms with Crippen LogP contribution in [0.2, 0.25) is 0 Å². The van der Waals surface area contributed by atoms with Crippen LogP contribution in [0.5, 0.6) is 23.0 Å². The highest BCUT2D eigenvalue weighted by Gasteiger charge is 2.35. The van der Waals surface area contributed by atoms with Crippen molar-refractivity contribution in [3.63, 3.8) is 0 Å². The van der Waals surface area contributed by atoms with E-state index in [2.05, 4.69) is 86.0 Å². The molecule has 4 aliphatic rings. The second kappa shape index (κ2) is 44.1. The molecule has 542 valence electrons. The van der Waals surface area contributed by atoms with Gasteiger partial charge in [0.2, 0.25) is 0 Å². The molecule has 4 unspecified atom stereocenters. The van der Waals surface area contributed by atoms with Gasteiger partial charge in [0.1, 0.15) is 41.8 Å². The van der Waals surface area contributed by atoms with Crippen molar-refractivity contribution in [1.29, 1.82) is 0 Å². The monoisotopic (exact) mass is 1330 g/mol. The molecule has 12 heteroatoms. The highest BCUT2D eigenvalue weighted by atomic mass is 16.6. The number of nitrogens with zero attached hydrogens (tertiary/aromatic N) is 2. The quantitative estimate of drug-likeness (QED) is 0.0356. The van der Waals surface area contributed by atoms with E-state index in [1.54, 1.807) is 0 Å². The molecule has 4 aliphatic heterocycles. The summed E-state index contributed by atoms with van der Waals surface area (Å²) in [7, 11) is 0. The Morgan fingerprint density at radius 3 is 1.35 bits per heavy atom. The van der Waals surface area contributed by atoms with Crippen LogP contribution in [0.25, 0.3) is 0 Å². The third-order valence-electron chi connectivity index (χ3n) is 22.1. The number of hydrogen-bond acceptors (Lipinski definition) is 12. The number of benzene rings is 2. The van der Waals surface area contributed by atoms with Crippen molar-refractivity contribution in [2.24, 2.45) is 35.5 Å². The lowest BCUT2D eigenvalue weighted by atomic mass is 9.83. The fourth-order valence-corrected chi connectivity index (χ4v) is 15.4. The summed E-state index contributed by atoms with van der Waals surface area (Å²) < 4.78 is 36.0. The number of carbonyl (C=O) groups excluding carboxylic acids is 4. The maximum absolute atomic E-state index is 12.9. The summed E-state index contributed by atoms with van der Waals surface area (Å²) in [6, 6.07) is 0. The van der Waals surface area contributed by atoms with Crippen molar-refractivity contribution < 1.29 is 47.6 Å². The molecule has 0 aromatic heterocycles. The SMILES string of the molecule is CCCC1CCN(CCOC(=O)CCC(=O)Oc2c(C)c(C)c3c(c2C)CCC(C)(CCCC(C)CCCC(C)CCCC(C)C)O3)CC1.CCCC1CCN(CCOC(=O)CCC(=O)Oc2c(C)c(C)c3c(c2C)CCC(CCCCCCCCCCCC(C)C)O3)CC1. The normalized spacial score (nSPS) is 18.5. The summed E-state index contributed by atoms with van der Waals surface area (Å²) in [5.41, 5.74) is 8.08. The van der Waals surface area contributed by atoms with Crippen molar-refractivity contribution in [2.75, 3.05) is 52.5 Å². The molecule has 2 fully saturated rings. The van der Waals surface area contributed by atoms with Crippen LogP contribution in [0.4, 0.5) is 0 Å². The van der Waals surface area contributed by atoms with E-state index in [0.717, 1.165) is 169 Å². The molecule has 0 radical (unpaired) electrons. The van der Waals surface area contributed by atoms with E-state index in [0.29, 0.717) is 24.7 Å². The van der Waals surface area contributed by atoms with Crippen LogP contribution >= 0.6 is 0 Å². The zero-order valence-corrected chi connectivity index (χ0v) is 63.6. The zero-order chi connectivity index (χ0) is 69.3. The number of fused-ring (bicyclic) bond motifs is 2. The summed E-state index contributed by atoms with van der Waals surface area (Å²) in [6.45, 7) is 39.7. The van der Waals surface area contributed by atoms with Crippen molar-refractivity contribution in [2.45, 2.75) is 347 Å². The number of rotatable bonds is 42.